The van der Waals surface area contributed by atoms with E-state index in [0.717, 1.165) is 6.07 Å². The van der Waals surface area contributed by atoms with Crippen molar-refractivity contribution in [1.82, 2.24) is 0 Å². The number of carbonyl (C=O) groups is 1. The van der Waals surface area contributed by atoms with Gasteiger partial charge in [0.05, 0.1) is 15.6 Å². The summed E-state index contributed by atoms with van der Waals surface area (Å²) in [4.78, 5) is 11.6. The van der Waals surface area contributed by atoms with Gasteiger partial charge in [0.2, 0.25) is 0 Å². The van der Waals surface area contributed by atoms with Crippen molar-refractivity contribution in [3.63, 3.8) is 0 Å². The van der Waals surface area contributed by atoms with Crippen LogP contribution < -0.4 is 0 Å². The third-order valence-electron chi connectivity index (χ3n) is 1.63. The summed E-state index contributed by atoms with van der Waals surface area (Å²) in [6.45, 7) is 5.14. The number of ether oxygens (including phenoxy) is 1. The lowest BCUT2D eigenvalue weighted by Crippen LogP contribution is -2.24. The summed E-state index contributed by atoms with van der Waals surface area (Å²) < 4.78 is 18.2. The molecule has 0 radical (unpaired) electrons. The second-order valence-electron chi connectivity index (χ2n) is 4.25. The minimum atomic E-state index is -0.702. The summed E-state index contributed by atoms with van der Waals surface area (Å²) in [7, 11) is 0. The number of carbonyl (C=O) groups excluding carboxylic acids is 1. The number of hydrogen-bond donors (Lipinski definition) is 0. The molecule has 0 aliphatic carbocycles. The summed E-state index contributed by atoms with van der Waals surface area (Å²) in [6, 6.07) is 2.15. The highest BCUT2D eigenvalue weighted by atomic mass is 35.5. The second-order valence-corrected chi connectivity index (χ2v) is 5.06. The molecule has 1 rings (SSSR count). The first-order chi connectivity index (χ1) is 7.20. The van der Waals surface area contributed by atoms with Crippen LogP contribution in [-0.2, 0) is 4.74 Å². The summed E-state index contributed by atoms with van der Waals surface area (Å²) >= 11 is 11.3. The Labute approximate surface area is 103 Å². The fourth-order valence-corrected chi connectivity index (χ4v) is 1.47. The van der Waals surface area contributed by atoms with Gasteiger partial charge in [-0.3, -0.25) is 0 Å². The number of hydrogen-bond acceptors (Lipinski definition) is 2. The van der Waals surface area contributed by atoms with Crippen LogP contribution in [0.1, 0.15) is 31.1 Å². The predicted octanol–water partition coefficient (Wildman–Crippen LogP) is 4.09. The van der Waals surface area contributed by atoms with E-state index >= 15 is 0 Å². The number of benzene rings is 1. The van der Waals surface area contributed by atoms with Crippen molar-refractivity contribution in [1.29, 1.82) is 0 Å². The molecule has 1 aromatic rings. The van der Waals surface area contributed by atoms with Crippen LogP contribution in [0.3, 0.4) is 0 Å². The molecule has 0 saturated carbocycles. The van der Waals surface area contributed by atoms with Gasteiger partial charge in [-0.15, -0.1) is 0 Å². The highest BCUT2D eigenvalue weighted by molar-refractivity contribution is 6.36. The standard InChI is InChI=1S/C11H11Cl2FO2/c1-11(2,3)16-10(15)6-4-9(14)8(13)5-7(6)12/h4-5H,1-3H3. The average Bonchev–Trinajstić information content (AvgIpc) is 2.08. The highest BCUT2D eigenvalue weighted by Crippen LogP contribution is 2.26. The third-order valence-corrected chi connectivity index (χ3v) is 2.23. The zero-order valence-corrected chi connectivity index (χ0v) is 10.6. The van der Waals surface area contributed by atoms with Crippen LogP contribution in [0.4, 0.5) is 4.39 Å². The van der Waals surface area contributed by atoms with E-state index in [0.29, 0.717) is 0 Å². The van der Waals surface area contributed by atoms with Gasteiger partial charge in [-0.1, -0.05) is 23.2 Å². The molecular formula is C11H11Cl2FO2. The molecule has 0 spiro atoms. The van der Waals surface area contributed by atoms with E-state index in [1.54, 1.807) is 20.8 Å². The van der Waals surface area contributed by atoms with E-state index in [2.05, 4.69) is 0 Å². The molecule has 88 valence electrons. The zero-order valence-electron chi connectivity index (χ0n) is 9.11. The van der Waals surface area contributed by atoms with Crippen molar-refractivity contribution in [3.8, 4) is 0 Å². The topological polar surface area (TPSA) is 26.3 Å². The molecule has 2 nitrogen and oxygen atoms in total. The maximum Gasteiger partial charge on any atom is 0.340 e. The quantitative estimate of drug-likeness (QED) is 0.564. The molecule has 0 fully saturated rings. The second kappa shape index (κ2) is 4.60. The third kappa shape index (κ3) is 3.35. The molecule has 0 saturated heterocycles. The van der Waals surface area contributed by atoms with Crippen molar-refractivity contribution in [2.75, 3.05) is 0 Å². The molecule has 0 atom stereocenters. The van der Waals surface area contributed by atoms with Crippen molar-refractivity contribution in [3.05, 3.63) is 33.6 Å². The first-order valence-corrected chi connectivity index (χ1v) is 5.34. The van der Waals surface area contributed by atoms with Gasteiger partial charge >= 0.3 is 5.97 Å². The van der Waals surface area contributed by atoms with Gasteiger partial charge < -0.3 is 4.74 Å². The molecule has 16 heavy (non-hydrogen) atoms. The van der Waals surface area contributed by atoms with Crippen molar-refractivity contribution in [2.45, 2.75) is 26.4 Å². The summed E-state index contributed by atoms with van der Waals surface area (Å²) in [5.41, 5.74) is -0.685. The van der Waals surface area contributed by atoms with Crippen LogP contribution in [-0.4, -0.2) is 11.6 Å². The lowest BCUT2D eigenvalue weighted by Gasteiger charge is -2.19. The molecule has 0 unspecified atom stereocenters. The molecule has 0 heterocycles. The summed E-state index contributed by atoms with van der Waals surface area (Å²) in [5, 5.41) is -0.0574. The highest BCUT2D eigenvalue weighted by Gasteiger charge is 2.21. The van der Waals surface area contributed by atoms with Gasteiger partial charge in [-0.25, -0.2) is 9.18 Å². The molecule has 0 bridgehead atoms. The first kappa shape index (κ1) is 13.3. The fraction of sp³-hybridized carbons (Fsp3) is 0.364. The Hall–Kier alpha value is -0.800. The normalized spacial score (nSPS) is 11.4. The Kier molecular flexibility index (Phi) is 3.81. The van der Waals surface area contributed by atoms with Crippen molar-refractivity contribution < 1.29 is 13.9 Å². The largest absolute Gasteiger partial charge is 0.456 e. The van der Waals surface area contributed by atoms with E-state index < -0.39 is 17.4 Å². The molecule has 0 aliphatic rings. The molecule has 0 amide bonds. The van der Waals surface area contributed by atoms with Gasteiger partial charge in [0.15, 0.2) is 0 Å². The molecule has 5 heteroatoms. The Balaban J connectivity index is 3.05. The van der Waals surface area contributed by atoms with Crippen LogP contribution >= 0.6 is 23.2 Å². The van der Waals surface area contributed by atoms with Crippen molar-refractivity contribution >= 4 is 29.2 Å². The summed E-state index contributed by atoms with van der Waals surface area (Å²) in [6.07, 6.45) is 0. The SMILES string of the molecule is CC(C)(C)OC(=O)c1cc(F)c(Cl)cc1Cl. The van der Waals surface area contributed by atoms with E-state index in [1.165, 1.54) is 6.07 Å². The maximum absolute atomic E-state index is 13.2. The molecule has 1 aromatic carbocycles. The van der Waals surface area contributed by atoms with Crippen LogP contribution in [0, 0.1) is 5.82 Å². The maximum atomic E-state index is 13.2. The summed E-state index contributed by atoms with van der Waals surface area (Å²) in [5.74, 6) is -1.38. The lowest BCUT2D eigenvalue weighted by molar-refractivity contribution is 0.00693. The monoisotopic (exact) mass is 264 g/mol. The van der Waals surface area contributed by atoms with Gasteiger partial charge in [-0.2, -0.15) is 0 Å². The lowest BCUT2D eigenvalue weighted by atomic mass is 10.1. The number of halogens is 3. The van der Waals surface area contributed by atoms with Gasteiger partial charge in [0, 0.05) is 0 Å². The first-order valence-electron chi connectivity index (χ1n) is 4.58. The van der Waals surface area contributed by atoms with Crippen molar-refractivity contribution in [2.24, 2.45) is 0 Å². The van der Waals surface area contributed by atoms with E-state index in [4.69, 9.17) is 27.9 Å². The van der Waals surface area contributed by atoms with Gasteiger partial charge in [0.1, 0.15) is 11.4 Å². The number of esters is 1. The molecule has 0 N–H and O–H groups in total. The molecular weight excluding hydrogens is 254 g/mol. The van der Waals surface area contributed by atoms with E-state index in [1.807, 2.05) is 0 Å². The van der Waals surface area contributed by atoms with Crippen LogP contribution in [0.15, 0.2) is 12.1 Å². The smallest absolute Gasteiger partial charge is 0.340 e. The number of rotatable bonds is 1. The zero-order chi connectivity index (χ0) is 12.5. The van der Waals surface area contributed by atoms with Crippen LogP contribution in [0.2, 0.25) is 10.0 Å². The van der Waals surface area contributed by atoms with Gasteiger partial charge in [-0.05, 0) is 32.9 Å². The molecule has 0 aromatic heterocycles. The Morgan fingerprint density at radius 3 is 2.31 bits per heavy atom. The minimum absolute atomic E-state index is 0.0292. The van der Waals surface area contributed by atoms with Crippen LogP contribution in [0.5, 0.6) is 0 Å². The van der Waals surface area contributed by atoms with Crippen LogP contribution in [0.25, 0.3) is 0 Å². The fourth-order valence-electron chi connectivity index (χ4n) is 1.01. The Morgan fingerprint density at radius 2 is 1.81 bits per heavy atom. The van der Waals surface area contributed by atoms with Gasteiger partial charge in [0.25, 0.3) is 0 Å². The average molecular weight is 265 g/mol. The van der Waals surface area contributed by atoms with E-state index in [-0.39, 0.29) is 15.6 Å². The minimum Gasteiger partial charge on any atom is -0.456 e. The predicted molar refractivity (Wildman–Crippen MR) is 61.6 cm³/mol. The Morgan fingerprint density at radius 1 is 1.25 bits per heavy atom. The van der Waals surface area contributed by atoms with E-state index in [9.17, 15) is 9.18 Å². The Bertz CT molecular complexity index is 425. The molecule has 0 aliphatic heterocycles.